The molecule has 0 aliphatic carbocycles. The first-order valence-corrected chi connectivity index (χ1v) is 7.99. The number of benzene rings is 2. The summed E-state index contributed by atoms with van der Waals surface area (Å²) >= 11 is 3.28. The van der Waals surface area contributed by atoms with E-state index in [4.69, 9.17) is 0 Å². The van der Waals surface area contributed by atoms with Crippen LogP contribution in [0.3, 0.4) is 0 Å². The Morgan fingerprint density at radius 3 is 2.67 bits per heavy atom. The van der Waals surface area contributed by atoms with Crippen molar-refractivity contribution in [1.82, 2.24) is 10.7 Å². The van der Waals surface area contributed by atoms with E-state index in [2.05, 4.69) is 31.8 Å². The number of aromatic hydroxyl groups is 1. The molecule has 0 saturated carbocycles. The average Bonchev–Trinajstić information content (AvgIpc) is 2.58. The molecule has 0 aliphatic rings. The second kappa shape index (κ2) is 8.83. The molecule has 7 heteroatoms. The molecular formula is C17H16BrN3O3. The lowest BCUT2D eigenvalue weighted by Gasteiger charge is -2.04. The van der Waals surface area contributed by atoms with Gasteiger partial charge in [0.2, 0.25) is 5.91 Å². The van der Waals surface area contributed by atoms with Crippen LogP contribution in [0.15, 0.2) is 58.1 Å². The summed E-state index contributed by atoms with van der Waals surface area (Å²) < 4.78 is 0.789. The Hall–Kier alpha value is -2.67. The molecule has 24 heavy (non-hydrogen) atoms. The second-order valence-corrected chi connectivity index (χ2v) is 5.78. The van der Waals surface area contributed by atoms with Gasteiger partial charge in [-0.05, 0) is 30.3 Å². The van der Waals surface area contributed by atoms with Crippen LogP contribution in [0.5, 0.6) is 5.75 Å². The van der Waals surface area contributed by atoms with Gasteiger partial charge in [0.15, 0.2) is 0 Å². The Balaban J connectivity index is 1.74. The first-order valence-electron chi connectivity index (χ1n) is 7.20. The zero-order chi connectivity index (χ0) is 17.4. The number of phenols is 1. The number of carbonyl (C=O) groups is 2. The van der Waals surface area contributed by atoms with E-state index in [0.29, 0.717) is 11.1 Å². The molecule has 2 aromatic carbocycles. The normalized spacial score (nSPS) is 10.5. The van der Waals surface area contributed by atoms with Gasteiger partial charge in [-0.3, -0.25) is 9.59 Å². The third-order valence-electron chi connectivity index (χ3n) is 3.06. The van der Waals surface area contributed by atoms with Gasteiger partial charge >= 0.3 is 0 Å². The fourth-order valence-electron chi connectivity index (χ4n) is 1.84. The SMILES string of the molecule is O=C(CCNC(=O)c1ccccc1)NN=Cc1cc(Br)ccc1O. The minimum absolute atomic E-state index is 0.0614. The van der Waals surface area contributed by atoms with E-state index >= 15 is 0 Å². The fraction of sp³-hybridized carbons (Fsp3) is 0.118. The molecule has 0 bridgehead atoms. The van der Waals surface area contributed by atoms with Gasteiger partial charge in [0.25, 0.3) is 5.91 Å². The van der Waals surface area contributed by atoms with Crippen LogP contribution in [0.1, 0.15) is 22.3 Å². The van der Waals surface area contributed by atoms with Crippen molar-refractivity contribution in [1.29, 1.82) is 0 Å². The summed E-state index contributed by atoms with van der Waals surface area (Å²) in [6.07, 6.45) is 1.45. The lowest BCUT2D eigenvalue weighted by atomic mass is 10.2. The number of carbonyl (C=O) groups excluding carboxylic acids is 2. The van der Waals surface area contributed by atoms with E-state index in [1.807, 2.05) is 6.07 Å². The van der Waals surface area contributed by atoms with E-state index in [-0.39, 0.29) is 30.5 Å². The zero-order valence-electron chi connectivity index (χ0n) is 12.7. The summed E-state index contributed by atoms with van der Waals surface area (Å²) in [4.78, 5) is 23.4. The molecule has 2 amide bonds. The first kappa shape index (κ1) is 17.7. The maximum absolute atomic E-state index is 11.8. The number of amides is 2. The highest BCUT2D eigenvalue weighted by Crippen LogP contribution is 2.19. The highest BCUT2D eigenvalue weighted by atomic mass is 79.9. The highest BCUT2D eigenvalue weighted by molar-refractivity contribution is 9.10. The van der Waals surface area contributed by atoms with Crippen LogP contribution in [0.2, 0.25) is 0 Å². The summed E-state index contributed by atoms with van der Waals surface area (Å²) in [6.45, 7) is 0.206. The van der Waals surface area contributed by atoms with Gasteiger partial charge in [-0.15, -0.1) is 0 Å². The molecule has 0 aromatic heterocycles. The lowest BCUT2D eigenvalue weighted by Crippen LogP contribution is -2.28. The van der Waals surface area contributed by atoms with Crippen LogP contribution in [-0.2, 0) is 4.79 Å². The van der Waals surface area contributed by atoms with Crippen LogP contribution in [0, 0.1) is 0 Å². The van der Waals surface area contributed by atoms with Crippen molar-refractivity contribution in [2.24, 2.45) is 5.10 Å². The molecule has 0 heterocycles. The Morgan fingerprint density at radius 1 is 1.17 bits per heavy atom. The molecule has 3 N–H and O–H groups in total. The third-order valence-corrected chi connectivity index (χ3v) is 3.55. The second-order valence-electron chi connectivity index (χ2n) is 4.87. The van der Waals surface area contributed by atoms with Crippen LogP contribution in [0.4, 0.5) is 0 Å². The number of hydrogen-bond donors (Lipinski definition) is 3. The largest absolute Gasteiger partial charge is 0.507 e. The van der Waals surface area contributed by atoms with Crippen molar-refractivity contribution >= 4 is 34.0 Å². The van der Waals surface area contributed by atoms with Gasteiger partial charge in [-0.2, -0.15) is 5.10 Å². The van der Waals surface area contributed by atoms with Crippen molar-refractivity contribution < 1.29 is 14.7 Å². The van der Waals surface area contributed by atoms with Crippen molar-refractivity contribution in [3.05, 3.63) is 64.1 Å². The molecule has 124 valence electrons. The molecule has 0 saturated heterocycles. The van der Waals surface area contributed by atoms with Crippen molar-refractivity contribution in [2.45, 2.75) is 6.42 Å². The average molecular weight is 390 g/mol. The topological polar surface area (TPSA) is 90.8 Å². The van der Waals surface area contributed by atoms with Crippen molar-refractivity contribution in [3.8, 4) is 5.75 Å². The summed E-state index contributed by atoms with van der Waals surface area (Å²) in [5.74, 6) is -0.508. The monoisotopic (exact) mass is 389 g/mol. The zero-order valence-corrected chi connectivity index (χ0v) is 14.3. The van der Waals surface area contributed by atoms with Gasteiger partial charge in [-0.25, -0.2) is 5.43 Å². The molecule has 6 nitrogen and oxygen atoms in total. The van der Waals surface area contributed by atoms with Gasteiger partial charge in [-0.1, -0.05) is 34.1 Å². The molecule has 0 aliphatic heterocycles. The van der Waals surface area contributed by atoms with E-state index in [9.17, 15) is 14.7 Å². The molecule has 0 unspecified atom stereocenters. The maximum atomic E-state index is 11.8. The maximum Gasteiger partial charge on any atom is 0.251 e. The number of nitrogens with one attached hydrogen (secondary N) is 2. The highest BCUT2D eigenvalue weighted by Gasteiger charge is 2.05. The van der Waals surface area contributed by atoms with Crippen molar-refractivity contribution in [3.63, 3.8) is 0 Å². The van der Waals surface area contributed by atoms with Gasteiger partial charge < -0.3 is 10.4 Å². The fourth-order valence-corrected chi connectivity index (χ4v) is 2.22. The van der Waals surface area contributed by atoms with Gasteiger partial charge in [0, 0.05) is 28.6 Å². The van der Waals surface area contributed by atoms with Crippen LogP contribution in [-0.4, -0.2) is 29.7 Å². The molecule has 0 spiro atoms. The Bertz CT molecular complexity index is 748. The number of phenolic OH excluding ortho intramolecular Hbond substituents is 1. The van der Waals surface area contributed by atoms with E-state index in [1.54, 1.807) is 36.4 Å². The van der Waals surface area contributed by atoms with Crippen LogP contribution >= 0.6 is 15.9 Å². The molecule has 0 atom stereocenters. The number of hydrazone groups is 1. The van der Waals surface area contributed by atoms with E-state index < -0.39 is 0 Å². The first-order chi connectivity index (χ1) is 11.6. The van der Waals surface area contributed by atoms with E-state index in [0.717, 1.165) is 4.47 Å². The quantitative estimate of drug-likeness (QED) is 0.523. The molecule has 0 radical (unpaired) electrons. The molecule has 0 fully saturated rings. The van der Waals surface area contributed by atoms with E-state index in [1.165, 1.54) is 12.3 Å². The van der Waals surface area contributed by atoms with Crippen molar-refractivity contribution in [2.75, 3.05) is 6.54 Å². The predicted octanol–water partition coefficient (Wildman–Crippen LogP) is 2.42. The number of hydrogen-bond acceptors (Lipinski definition) is 4. The minimum Gasteiger partial charge on any atom is -0.507 e. The number of rotatable bonds is 6. The molecule has 2 rings (SSSR count). The smallest absolute Gasteiger partial charge is 0.251 e. The number of nitrogens with zero attached hydrogens (tertiary/aromatic N) is 1. The third kappa shape index (κ3) is 5.51. The molecular weight excluding hydrogens is 374 g/mol. The summed E-state index contributed by atoms with van der Waals surface area (Å²) in [5.41, 5.74) is 3.36. The van der Waals surface area contributed by atoms with Crippen LogP contribution in [0.25, 0.3) is 0 Å². The Labute approximate surface area is 147 Å². The summed E-state index contributed by atoms with van der Waals surface area (Å²) in [6, 6.07) is 13.7. The predicted molar refractivity (Wildman–Crippen MR) is 94.9 cm³/mol. The lowest BCUT2D eigenvalue weighted by molar-refractivity contribution is -0.120. The standard InChI is InChI=1S/C17H16BrN3O3/c18-14-6-7-15(22)13(10-14)11-20-21-16(23)8-9-19-17(24)12-4-2-1-3-5-12/h1-7,10-11,22H,8-9H2,(H,19,24)(H,21,23). The minimum atomic E-state index is -0.339. The summed E-state index contributed by atoms with van der Waals surface area (Å²) in [5, 5.41) is 16.1. The number of halogens is 1. The Morgan fingerprint density at radius 2 is 1.92 bits per heavy atom. The Kier molecular flexibility index (Phi) is 6.51. The van der Waals surface area contributed by atoms with Gasteiger partial charge in [0.1, 0.15) is 5.75 Å². The van der Waals surface area contributed by atoms with Gasteiger partial charge in [0.05, 0.1) is 6.21 Å². The molecule has 2 aromatic rings. The summed E-state index contributed by atoms with van der Waals surface area (Å²) in [7, 11) is 0. The van der Waals surface area contributed by atoms with Crippen LogP contribution < -0.4 is 10.7 Å².